The Morgan fingerprint density at radius 2 is 2.23 bits per heavy atom. The molecule has 72 valence electrons. The first-order valence-electron chi connectivity index (χ1n) is 4.48. The molecule has 0 fully saturated rings. The normalized spacial score (nSPS) is 12.8. The number of rotatable bonds is 4. The van der Waals surface area contributed by atoms with Crippen LogP contribution >= 0.6 is 34.4 Å². The number of benzene rings is 1. The van der Waals surface area contributed by atoms with Crippen LogP contribution in [0, 0.1) is 12.8 Å². The maximum absolute atomic E-state index is 2.45. The van der Waals surface area contributed by atoms with Gasteiger partial charge in [0.05, 0.1) is 0 Å². The lowest BCUT2D eigenvalue weighted by Gasteiger charge is -2.07. The summed E-state index contributed by atoms with van der Waals surface area (Å²) in [6.07, 6.45) is 0. The van der Waals surface area contributed by atoms with Crippen LogP contribution < -0.4 is 0 Å². The van der Waals surface area contributed by atoms with Crippen LogP contribution in [0.3, 0.4) is 0 Å². The highest BCUT2D eigenvalue weighted by Gasteiger charge is 2.00. The van der Waals surface area contributed by atoms with E-state index >= 15 is 0 Å². The third-order valence-corrected chi connectivity index (χ3v) is 4.61. The molecule has 1 unspecified atom stereocenters. The van der Waals surface area contributed by atoms with Crippen LogP contribution in [0.25, 0.3) is 0 Å². The third kappa shape index (κ3) is 4.36. The fraction of sp³-hybridized carbons (Fsp3) is 0.455. The van der Waals surface area contributed by atoms with Crippen molar-refractivity contribution in [2.45, 2.75) is 18.7 Å². The zero-order valence-corrected chi connectivity index (χ0v) is 11.1. The number of thioether (sulfide) groups is 1. The summed E-state index contributed by atoms with van der Waals surface area (Å²) in [5.74, 6) is 2.04. The van der Waals surface area contributed by atoms with Gasteiger partial charge >= 0.3 is 0 Å². The van der Waals surface area contributed by atoms with Gasteiger partial charge < -0.3 is 0 Å². The Morgan fingerprint density at radius 1 is 1.46 bits per heavy atom. The van der Waals surface area contributed by atoms with Crippen LogP contribution in [0.2, 0.25) is 0 Å². The maximum Gasteiger partial charge on any atom is 0.00746 e. The zero-order valence-electron chi connectivity index (χ0n) is 8.09. The number of aryl methyl sites for hydroxylation is 1. The topological polar surface area (TPSA) is 0 Å². The van der Waals surface area contributed by atoms with E-state index in [1.807, 2.05) is 11.8 Å². The summed E-state index contributed by atoms with van der Waals surface area (Å²) in [5, 5.41) is 0. The Morgan fingerprint density at radius 3 is 2.85 bits per heavy atom. The molecule has 0 bridgehead atoms. The summed E-state index contributed by atoms with van der Waals surface area (Å²) in [5.41, 5.74) is 1.35. The van der Waals surface area contributed by atoms with E-state index in [1.165, 1.54) is 20.6 Å². The number of hydrogen-bond acceptors (Lipinski definition) is 1. The Hall–Kier alpha value is 0.300. The largest absolute Gasteiger partial charge is 0.126 e. The van der Waals surface area contributed by atoms with Gasteiger partial charge in [-0.2, -0.15) is 0 Å². The van der Waals surface area contributed by atoms with Crippen molar-refractivity contribution in [3.8, 4) is 0 Å². The van der Waals surface area contributed by atoms with Gasteiger partial charge in [0, 0.05) is 15.1 Å². The first kappa shape index (κ1) is 11.4. The fourth-order valence-corrected chi connectivity index (χ4v) is 2.76. The van der Waals surface area contributed by atoms with Gasteiger partial charge in [-0.1, -0.05) is 47.2 Å². The molecule has 0 aliphatic carbocycles. The van der Waals surface area contributed by atoms with E-state index in [0.717, 1.165) is 5.92 Å². The van der Waals surface area contributed by atoms with Gasteiger partial charge in [-0.15, -0.1) is 11.8 Å². The molecule has 2 heteroatoms. The van der Waals surface area contributed by atoms with Gasteiger partial charge in [0.25, 0.3) is 0 Å². The fourth-order valence-electron chi connectivity index (χ4n) is 0.988. The molecule has 0 heterocycles. The second-order valence-electron chi connectivity index (χ2n) is 3.39. The molecule has 0 saturated carbocycles. The highest BCUT2D eigenvalue weighted by molar-refractivity contribution is 14.1. The molecule has 0 spiro atoms. The number of alkyl halides is 1. The van der Waals surface area contributed by atoms with Crippen LogP contribution in [-0.2, 0) is 0 Å². The quantitative estimate of drug-likeness (QED) is 0.457. The molecular weight excluding hydrogens is 291 g/mol. The molecule has 0 radical (unpaired) electrons. The lowest BCUT2D eigenvalue weighted by Crippen LogP contribution is -1.98. The average molecular weight is 306 g/mol. The third-order valence-electron chi connectivity index (χ3n) is 1.79. The summed E-state index contributed by atoms with van der Waals surface area (Å²) in [6.45, 7) is 4.45. The van der Waals surface area contributed by atoms with Gasteiger partial charge in [-0.3, -0.25) is 0 Å². The summed E-state index contributed by atoms with van der Waals surface area (Å²) in [6, 6.07) is 8.72. The van der Waals surface area contributed by atoms with Crippen LogP contribution in [0.15, 0.2) is 29.2 Å². The standard InChI is InChI=1S/C11H15IS/c1-9-4-3-5-11(6-9)13-8-10(2)7-12/h3-6,10H,7-8H2,1-2H3. The van der Waals surface area contributed by atoms with Gasteiger partial charge in [0.15, 0.2) is 0 Å². The molecular formula is C11H15IS. The highest BCUT2D eigenvalue weighted by Crippen LogP contribution is 2.22. The Balaban J connectivity index is 2.45. The molecule has 0 saturated heterocycles. The molecule has 0 aliphatic rings. The van der Waals surface area contributed by atoms with Crippen molar-refractivity contribution in [1.29, 1.82) is 0 Å². The first-order valence-corrected chi connectivity index (χ1v) is 6.99. The Kier molecular flexibility index (Phi) is 5.17. The lowest BCUT2D eigenvalue weighted by molar-refractivity contribution is 0.777. The minimum absolute atomic E-state index is 0.811. The van der Waals surface area contributed by atoms with E-state index in [1.54, 1.807) is 0 Å². The summed E-state index contributed by atoms with van der Waals surface area (Å²) in [7, 11) is 0. The van der Waals surface area contributed by atoms with E-state index < -0.39 is 0 Å². The van der Waals surface area contributed by atoms with Crippen molar-refractivity contribution in [3.63, 3.8) is 0 Å². The van der Waals surface area contributed by atoms with Crippen LogP contribution in [0.4, 0.5) is 0 Å². The van der Waals surface area contributed by atoms with Crippen molar-refractivity contribution in [3.05, 3.63) is 29.8 Å². The molecule has 1 rings (SSSR count). The lowest BCUT2D eigenvalue weighted by atomic mass is 10.2. The van der Waals surface area contributed by atoms with Crippen molar-refractivity contribution in [1.82, 2.24) is 0 Å². The van der Waals surface area contributed by atoms with Crippen LogP contribution in [-0.4, -0.2) is 10.2 Å². The molecule has 1 aromatic carbocycles. The second-order valence-corrected chi connectivity index (χ2v) is 5.36. The predicted molar refractivity (Wildman–Crippen MR) is 70.0 cm³/mol. The number of hydrogen-bond donors (Lipinski definition) is 0. The van der Waals surface area contributed by atoms with Crippen molar-refractivity contribution in [2.24, 2.45) is 5.92 Å². The van der Waals surface area contributed by atoms with Crippen LogP contribution in [0.1, 0.15) is 12.5 Å². The molecule has 1 aromatic rings. The monoisotopic (exact) mass is 306 g/mol. The van der Waals surface area contributed by atoms with E-state index in [-0.39, 0.29) is 0 Å². The summed E-state index contributed by atoms with van der Waals surface area (Å²) in [4.78, 5) is 1.40. The molecule has 13 heavy (non-hydrogen) atoms. The number of halogens is 1. The predicted octanol–water partition coefficient (Wildman–Crippen LogP) is 4.16. The Bertz CT molecular complexity index is 260. The minimum atomic E-state index is 0.811. The van der Waals surface area contributed by atoms with Crippen LogP contribution in [0.5, 0.6) is 0 Å². The molecule has 0 amide bonds. The molecule has 0 nitrogen and oxygen atoms in total. The van der Waals surface area contributed by atoms with E-state index in [2.05, 4.69) is 60.7 Å². The molecule has 0 N–H and O–H groups in total. The van der Waals surface area contributed by atoms with Crippen molar-refractivity contribution >= 4 is 34.4 Å². The van der Waals surface area contributed by atoms with Crippen molar-refractivity contribution in [2.75, 3.05) is 10.2 Å². The van der Waals surface area contributed by atoms with E-state index in [0.29, 0.717) is 0 Å². The molecule has 0 aliphatic heterocycles. The van der Waals surface area contributed by atoms with E-state index in [9.17, 15) is 0 Å². The van der Waals surface area contributed by atoms with E-state index in [4.69, 9.17) is 0 Å². The zero-order chi connectivity index (χ0) is 9.68. The highest BCUT2D eigenvalue weighted by atomic mass is 127. The molecule has 1 atom stereocenters. The summed E-state index contributed by atoms with van der Waals surface area (Å²) >= 11 is 4.41. The van der Waals surface area contributed by atoms with Gasteiger partial charge in [0.2, 0.25) is 0 Å². The van der Waals surface area contributed by atoms with Crippen molar-refractivity contribution < 1.29 is 0 Å². The van der Waals surface area contributed by atoms with Gasteiger partial charge in [0.1, 0.15) is 0 Å². The minimum Gasteiger partial charge on any atom is -0.126 e. The first-order chi connectivity index (χ1) is 6.22. The molecule has 0 aromatic heterocycles. The Labute approximate surface area is 98.6 Å². The smallest absolute Gasteiger partial charge is 0.00746 e. The SMILES string of the molecule is Cc1cccc(SCC(C)CI)c1. The van der Waals surface area contributed by atoms with Gasteiger partial charge in [-0.05, 0) is 25.0 Å². The average Bonchev–Trinajstić information content (AvgIpc) is 2.14. The summed E-state index contributed by atoms with van der Waals surface area (Å²) < 4.78 is 1.25. The second kappa shape index (κ2) is 5.91. The van der Waals surface area contributed by atoms with Gasteiger partial charge in [-0.25, -0.2) is 0 Å². The maximum atomic E-state index is 2.45.